The first-order valence-corrected chi connectivity index (χ1v) is 7.22. The van der Waals surface area contributed by atoms with E-state index >= 15 is 0 Å². The maximum absolute atomic E-state index is 11.7. The molecule has 1 rings (SSSR count). The maximum Gasteiger partial charge on any atom is 0.313 e. The zero-order chi connectivity index (χ0) is 16.5. The van der Waals surface area contributed by atoms with Gasteiger partial charge in [-0.1, -0.05) is 12.1 Å². The summed E-state index contributed by atoms with van der Waals surface area (Å²) < 4.78 is 5.33. The minimum atomic E-state index is -0.759. The van der Waals surface area contributed by atoms with E-state index in [9.17, 15) is 14.4 Å². The fourth-order valence-corrected chi connectivity index (χ4v) is 1.68. The van der Waals surface area contributed by atoms with E-state index in [1.165, 1.54) is 13.0 Å². The summed E-state index contributed by atoms with van der Waals surface area (Å²) in [5.74, 6) is -1.58. The molecule has 6 nitrogen and oxygen atoms in total. The number of ketones is 1. The minimum Gasteiger partial charge on any atom is -0.379 e. The molecule has 2 N–H and O–H groups in total. The molecule has 0 atom stereocenters. The van der Waals surface area contributed by atoms with E-state index in [0.717, 1.165) is 0 Å². The van der Waals surface area contributed by atoms with Crippen molar-refractivity contribution in [3.05, 3.63) is 29.8 Å². The van der Waals surface area contributed by atoms with Gasteiger partial charge in [0.2, 0.25) is 0 Å². The van der Waals surface area contributed by atoms with Crippen molar-refractivity contribution in [2.45, 2.75) is 33.3 Å². The van der Waals surface area contributed by atoms with Gasteiger partial charge in [-0.2, -0.15) is 0 Å². The number of rotatable bonds is 7. The van der Waals surface area contributed by atoms with Gasteiger partial charge in [0.05, 0.1) is 6.10 Å². The second-order valence-electron chi connectivity index (χ2n) is 5.12. The average molecular weight is 306 g/mol. The smallest absolute Gasteiger partial charge is 0.313 e. The quantitative estimate of drug-likeness (QED) is 0.457. The first kappa shape index (κ1) is 17.8. The number of amides is 2. The summed E-state index contributed by atoms with van der Waals surface area (Å²) in [5, 5.41) is 4.98. The summed E-state index contributed by atoms with van der Waals surface area (Å²) in [6.07, 6.45) is 0.782. The molecule has 0 aliphatic heterocycles. The van der Waals surface area contributed by atoms with E-state index in [0.29, 0.717) is 30.8 Å². The molecule has 22 heavy (non-hydrogen) atoms. The Bertz CT molecular complexity index is 541. The number of anilines is 1. The highest BCUT2D eigenvalue weighted by Crippen LogP contribution is 2.10. The van der Waals surface area contributed by atoms with E-state index in [4.69, 9.17) is 4.74 Å². The molecule has 0 spiro atoms. The molecule has 2 amide bonds. The fraction of sp³-hybridized carbons (Fsp3) is 0.438. The van der Waals surface area contributed by atoms with Crippen molar-refractivity contribution in [1.29, 1.82) is 0 Å². The summed E-state index contributed by atoms with van der Waals surface area (Å²) in [4.78, 5) is 34.6. The standard InChI is InChI=1S/C16H22N2O4/c1-11(2)22-9-5-8-17-15(20)16(21)18-14-7-4-6-13(10-14)12(3)19/h4,6-7,10-11H,5,8-9H2,1-3H3,(H,17,20)(H,18,21). The number of ether oxygens (including phenoxy) is 1. The molecule has 0 saturated carbocycles. The van der Waals surface area contributed by atoms with Gasteiger partial charge in [0, 0.05) is 24.4 Å². The van der Waals surface area contributed by atoms with Gasteiger partial charge in [-0.3, -0.25) is 14.4 Å². The predicted octanol–water partition coefficient (Wildman–Crippen LogP) is 1.76. The Kier molecular flexibility index (Phi) is 7.25. The van der Waals surface area contributed by atoms with Crippen LogP contribution in [0.3, 0.4) is 0 Å². The van der Waals surface area contributed by atoms with Crippen molar-refractivity contribution in [2.75, 3.05) is 18.5 Å². The molecule has 0 unspecified atom stereocenters. The number of Topliss-reactive ketones (excluding diaryl/α,β-unsaturated/α-hetero) is 1. The molecule has 1 aromatic carbocycles. The van der Waals surface area contributed by atoms with Crippen LogP contribution in [0, 0.1) is 0 Å². The SMILES string of the molecule is CC(=O)c1cccc(NC(=O)C(=O)NCCCOC(C)C)c1. The molecule has 0 heterocycles. The topological polar surface area (TPSA) is 84.5 Å². The largest absolute Gasteiger partial charge is 0.379 e. The molecule has 120 valence electrons. The third-order valence-corrected chi connectivity index (χ3v) is 2.79. The van der Waals surface area contributed by atoms with Crippen molar-refractivity contribution in [3.8, 4) is 0 Å². The van der Waals surface area contributed by atoms with Crippen molar-refractivity contribution < 1.29 is 19.1 Å². The lowest BCUT2D eigenvalue weighted by molar-refractivity contribution is -0.136. The molecule has 0 aliphatic rings. The zero-order valence-corrected chi connectivity index (χ0v) is 13.1. The van der Waals surface area contributed by atoms with Crippen LogP contribution < -0.4 is 10.6 Å². The summed E-state index contributed by atoms with van der Waals surface area (Å²) in [7, 11) is 0. The van der Waals surface area contributed by atoms with Gasteiger partial charge in [0.15, 0.2) is 5.78 Å². The number of hydrogen-bond donors (Lipinski definition) is 2. The number of carbonyl (C=O) groups excluding carboxylic acids is 3. The van der Waals surface area contributed by atoms with Gasteiger partial charge in [-0.25, -0.2) is 0 Å². The van der Waals surface area contributed by atoms with Crippen LogP contribution in [0.1, 0.15) is 37.6 Å². The number of benzene rings is 1. The van der Waals surface area contributed by atoms with Crippen LogP contribution in [0.4, 0.5) is 5.69 Å². The average Bonchev–Trinajstić information content (AvgIpc) is 2.46. The Labute approximate surface area is 130 Å². The number of nitrogens with one attached hydrogen (secondary N) is 2. The Balaban J connectivity index is 2.39. The second kappa shape index (κ2) is 8.94. The van der Waals surface area contributed by atoms with E-state index in [1.54, 1.807) is 18.2 Å². The third kappa shape index (κ3) is 6.49. The maximum atomic E-state index is 11.7. The van der Waals surface area contributed by atoms with E-state index in [1.807, 2.05) is 13.8 Å². The predicted molar refractivity (Wildman–Crippen MR) is 83.8 cm³/mol. The van der Waals surface area contributed by atoms with Crippen LogP contribution in [0.25, 0.3) is 0 Å². The van der Waals surface area contributed by atoms with Crippen molar-refractivity contribution >= 4 is 23.3 Å². The van der Waals surface area contributed by atoms with Gasteiger partial charge in [-0.05, 0) is 39.3 Å². The van der Waals surface area contributed by atoms with Gasteiger partial charge in [-0.15, -0.1) is 0 Å². The van der Waals surface area contributed by atoms with Crippen LogP contribution in [-0.4, -0.2) is 36.9 Å². The number of carbonyl (C=O) groups is 3. The number of hydrogen-bond acceptors (Lipinski definition) is 4. The highest BCUT2D eigenvalue weighted by molar-refractivity contribution is 6.39. The molecule has 0 fully saturated rings. The lowest BCUT2D eigenvalue weighted by atomic mass is 10.1. The summed E-state index contributed by atoms with van der Waals surface area (Å²) in [6.45, 7) is 6.20. The van der Waals surface area contributed by atoms with E-state index in [-0.39, 0.29) is 11.9 Å². The van der Waals surface area contributed by atoms with Crippen molar-refractivity contribution in [3.63, 3.8) is 0 Å². The van der Waals surface area contributed by atoms with Gasteiger partial charge in [0.25, 0.3) is 0 Å². The Morgan fingerprint density at radius 1 is 1.18 bits per heavy atom. The van der Waals surface area contributed by atoms with Crippen molar-refractivity contribution in [1.82, 2.24) is 5.32 Å². The Morgan fingerprint density at radius 3 is 2.55 bits per heavy atom. The molecule has 0 aliphatic carbocycles. The lowest BCUT2D eigenvalue weighted by Crippen LogP contribution is -2.36. The van der Waals surface area contributed by atoms with Gasteiger partial charge >= 0.3 is 11.8 Å². The molecule has 0 radical (unpaired) electrons. The first-order valence-electron chi connectivity index (χ1n) is 7.22. The molecule has 1 aromatic rings. The molecule has 6 heteroatoms. The Hall–Kier alpha value is -2.21. The molecular weight excluding hydrogens is 284 g/mol. The zero-order valence-electron chi connectivity index (χ0n) is 13.1. The van der Waals surface area contributed by atoms with Crippen LogP contribution in [0.15, 0.2) is 24.3 Å². The normalized spacial score (nSPS) is 10.4. The summed E-state index contributed by atoms with van der Waals surface area (Å²) >= 11 is 0. The van der Waals surface area contributed by atoms with Crippen LogP contribution in [-0.2, 0) is 14.3 Å². The fourth-order valence-electron chi connectivity index (χ4n) is 1.68. The van der Waals surface area contributed by atoms with Gasteiger partial charge in [0.1, 0.15) is 0 Å². The van der Waals surface area contributed by atoms with E-state index in [2.05, 4.69) is 10.6 Å². The van der Waals surface area contributed by atoms with Crippen LogP contribution >= 0.6 is 0 Å². The van der Waals surface area contributed by atoms with Crippen LogP contribution in [0.2, 0.25) is 0 Å². The Morgan fingerprint density at radius 2 is 1.91 bits per heavy atom. The molecule has 0 aromatic heterocycles. The third-order valence-electron chi connectivity index (χ3n) is 2.79. The summed E-state index contributed by atoms with van der Waals surface area (Å²) in [5.41, 5.74) is 0.889. The first-order chi connectivity index (χ1) is 10.4. The van der Waals surface area contributed by atoms with E-state index < -0.39 is 11.8 Å². The van der Waals surface area contributed by atoms with Crippen molar-refractivity contribution in [2.24, 2.45) is 0 Å². The van der Waals surface area contributed by atoms with Crippen LogP contribution in [0.5, 0.6) is 0 Å². The summed E-state index contributed by atoms with van der Waals surface area (Å²) in [6, 6.07) is 6.44. The second-order valence-corrected chi connectivity index (χ2v) is 5.12. The molecule has 0 bridgehead atoms. The highest BCUT2D eigenvalue weighted by atomic mass is 16.5. The minimum absolute atomic E-state index is 0.106. The van der Waals surface area contributed by atoms with Gasteiger partial charge < -0.3 is 15.4 Å². The molecule has 0 saturated heterocycles. The monoisotopic (exact) mass is 306 g/mol. The lowest BCUT2D eigenvalue weighted by Gasteiger charge is -2.09. The molecular formula is C16H22N2O4. The highest BCUT2D eigenvalue weighted by Gasteiger charge is 2.13.